The summed E-state index contributed by atoms with van der Waals surface area (Å²) in [7, 11) is 0. The fourth-order valence-electron chi connectivity index (χ4n) is 11.4. The van der Waals surface area contributed by atoms with E-state index in [-0.39, 0.29) is 93.5 Å². The number of benzene rings is 8. The van der Waals surface area contributed by atoms with E-state index in [1.807, 2.05) is 99.6 Å². The van der Waals surface area contributed by atoms with E-state index in [0.29, 0.717) is 50.4 Å². The van der Waals surface area contributed by atoms with Crippen LogP contribution in [0, 0.1) is 0 Å². The molecule has 0 saturated heterocycles. The van der Waals surface area contributed by atoms with Gasteiger partial charge in [-0.25, -0.2) is 4.98 Å². The number of pyridine rings is 1. The summed E-state index contributed by atoms with van der Waals surface area (Å²) in [6.45, 7) is 27.5. The smallest absolute Gasteiger partial charge is 0.137 e. The van der Waals surface area contributed by atoms with Crippen molar-refractivity contribution in [2.24, 2.45) is 0 Å². The molecule has 0 amide bonds. The van der Waals surface area contributed by atoms with Crippen molar-refractivity contribution in [3.63, 3.8) is 0 Å². The first-order valence-electron chi connectivity index (χ1n) is 33.5. The number of hydrogen-bond acceptors (Lipinski definition) is 4. The number of fused-ring (bicyclic) bond motifs is 5. The van der Waals surface area contributed by atoms with E-state index in [1.54, 1.807) is 16.8 Å². The van der Waals surface area contributed by atoms with Crippen LogP contribution in [-0.2, 0) is 27.1 Å². The third kappa shape index (κ3) is 9.49. The lowest BCUT2D eigenvalue weighted by molar-refractivity contribution is 0.332. The number of ether oxygens (including phenoxy) is 1. The quantitative estimate of drug-likeness (QED) is 0.152. The van der Waals surface area contributed by atoms with Gasteiger partial charge in [0.15, 0.2) is 0 Å². The Labute approximate surface area is 486 Å². The predicted molar refractivity (Wildman–Crippen MR) is 335 cm³/mol. The average molecular weight is 1050 g/mol. The van der Waals surface area contributed by atoms with Crippen molar-refractivity contribution in [2.75, 3.05) is 16.5 Å². The zero-order chi connectivity index (χ0) is 65.8. The summed E-state index contributed by atoms with van der Waals surface area (Å²) in [5.41, 5.74) is 8.53. The van der Waals surface area contributed by atoms with Crippen LogP contribution in [0.25, 0.3) is 61.0 Å². The Bertz CT molecular complexity index is 4690. The fourth-order valence-corrected chi connectivity index (χ4v) is 11.4. The van der Waals surface area contributed by atoms with Crippen molar-refractivity contribution in [1.29, 1.82) is 0 Å². The summed E-state index contributed by atoms with van der Waals surface area (Å²) in [4.78, 5) is 9.14. The van der Waals surface area contributed by atoms with Crippen LogP contribution < -0.4 is 14.5 Å². The zero-order valence-corrected chi connectivity index (χ0v) is 47.8. The minimum atomic E-state index is -0.819. The SMILES string of the molecule is [2H]c1c([2H])c(-c2c([2H])c([2H])c(-c3cc(C(C)(C)C)cc(-c4ccc5c(c4)C(C)(C)CCC5(C)C)c3N3CN(c4cccc(Oc5ccc6c7c([2H])c([2H])c([2H])c([2H])c7n(-c7cc(C(C)(C)C)ccn7)c6c5)c4)c4ccccc43)c([2H])c2[2H])c([2H])c(C(C)(C)C)c1[2H]. The van der Waals surface area contributed by atoms with E-state index in [1.165, 1.54) is 11.1 Å². The molecule has 5 nitrogen and oxygen atoms in total. The second-order valence-electron chi connectivity index (χ2n) is 25.9. The lowest BCUT2D eigenvalue weighted by atomic mass is 9.63. The highest BCUT2D eigenvalue weighted by Crippen LogP contribution is 2.54. The Hall–Kier alpha value is -7.89. The van der Waals surface area contributed by atoms with Crippen LogP contribution in [0.15, 0.2) is 188 Å². The summed E-state index contributed by atoms with van der Waals surface area (Å²) < 4.78 is 121. The Morgan fingerprint density at radius 2 is 1.15 bits per heavy atom. The maximum atomic E-state index is 10.1. The molecule has 2 aliphatic rings. The predicted octanol–water partition coefficient (Wildman–Crippen LogP) is 20.5. The molecule has 0 radical (unpaired) electrons. The van der Waals surface area contributed by atoms with Gasteiger partial charge in [-0.15, -0.1) is 0 Å². The van der Waals surface area contributed by atoms with Gasteiger partial charge in [0.2, 0.25) is 0 Å². The molecule has 79 heavy (non-hydrogen) atoms. The second-order valence-corrected chi connectivity index (χ2v) is 25.9. The maximum Gasteiger partial charge on any atom is 0.137 e. The van der Waals surface area contributed by atoms with Gasteiger partial charge in [-0.2, -0.15) is 0 Å². The number of anilines is 4. The highest BCUT2D eigenvalue weighted by atomic mass is 16.5. The third-order valence-corrected chi connectivity index (χ3v) is 16.3. The minimum Gasteiger partial charge on any atom is -0.457 e. The van der Waals surface area contributed by atoms with Crippen LogP contribution in [-0.4, -0.2) is 16.2 Å². The van der Waals surface area contributed by atoms with Crippen molar-refractivity contribution in [3.05, 3.63) is 216 Å². The summed E-state index contributed by atoms with van der Waals surface area (Å²) >= 11 is 0. The number of rotatable bonds is 8. The van der Waals surface area contributed by atoms with Crippen molar-refractivity contribution in [1.82, 2.24) is 9.55 Å². The molecule has 0 N–H and O–H groups in total. The summed E-state index contributed by atoms with van der Waals surface area (Å²) in [6.07, 6.45) is 3.73. The molecule has 1 aliphatic heterocycles. The van der Waals surface area contributed by atoms with Crippen LogP contribution in [0.3, 0.4) is 0 Å². The Morgan fingerprint density at radius 3 is 1.87 bits per heavy atom. The van der Waals surface area contributed by atoms with E-state index in [0.717, 1.165) is 52.2 Å². The highest BCUT2D eigenvalue weighted by molar-refractivity contribution is 6.09. The third-order valence-electron chi connectivity index (χ3n) is 16.3. The minimum absolute atomic E-state index is 0.0380. The number of para-hydroxylation sites is 3. The van der Waals surface area contributed by atoms with Crippen molar-refractivity contribution in [3.8, 4) is 50.7 Å². The normalized spacial score (nSPS) is 17.3. The van der Waals surface area contributed by atoms with Crippen LogP contribution in [0.5, 0.6) is 11.5 Å². The highest BCUT2D eigenvalue weighted by Gasteiger charge is 2.38. The van der Waals surface area contributed by atoms with Gasteiger partial charge >= 0.3 is 0 Å². The Kier molecular flexibility index (Phi) is 9.44. The second kappa shape index (κ2) is 18.9. The molecule has 0 fully saturated rings. The number of hydrogen-bond donors (Lipinski definition) is 0. The summed E-state index contributed by atoms with van der Waals surface area (Å²) in [6, 6.07) is 32.0. The van der Waals surface area contributed by atoms with E-state index < -0.39 is 35.0 Å². The van der Waals surface area contributed by atoms with E-state index in [9.17, 15) is 8.22 Å². The van der Waals surface area contributed by atoms with E-state index >= 15 is 0 Å². The first-order chi connectivity index (χ1) is 42.5. The van der Waals surface area contributed by atoms with Gasteiger partial charge in [0, 0.05) is 45.9 Å². The van der Waals surface area contributed by atoms with E-state index in [4.69, 9.17) is 17.9 Å². The van der Waals surface area contributed by atoms with Gasteiger partial charge < -0.3 is 14.5 Å². The molecular weight excluding hydrogens is 961 g/mol. The van der Waals surface area contributed by atoms with Crippen molar-refractivity contribution < 1.29 is 21.2 Å². The van der Waals surface area contributed by atoms with E-state index in [2.05, 4.69) is 103 Å². The lowest BCUT2D eigenvalue weighted by Gasteiger charge is -2.42. The summed E-state index contributed by atoms with van der Waals surface area (Å²) in [5.74, 6) is 1.46. The molecule has 2 aromatic heterocycles. The van der Waals surface area contributed by atoms with Crippen LogP contribution in [0.2, 0.25) is 0 Å². The summed E-state index contributed by atoms with van der Waals surface area (Å²) in [5, 5.41) is 0.991. The number of nitrogens with zero attached hydrogens (tertiary/aromatic N) is 4. The molecule has 0 saturated carbocycles. The monoisotopic (exact) mass is 1050 g/mol. The first-order valence-corrected chi connectivity index (χ1v) is 27.5. The molecule has 0 spiro atoms. The molecule has 0 atom stereocenters. The lowest BCUT2D eigenvalue weighted by Crippen LogP contribution is -2.33. The number of aromatic nitrogens is 2. The van der Waals surface area contributed by atoms with Gasteiger partial charge in [-0.1, -0.05) is 193 Å². The molecule has 3 heterocycles. The van der Waals surface area contributed by atoms with Gasteiger partial charge in [-0.3, -0.25) is 4.57 Å². The molecule has 0 bridgehead atoms. The molecule has 10 aromatic rings. The molecule has 0 unspecified atom stereocenters. The van der Waals surface area contributed by atoms with Crippen LogP contribution in [0.4, 0.5) is 22.7 Å². The molecule has 12 rings (SSSR count). The van der Waals surface area contributed by atoms with Crippen molar-refractivity contribution >= 4 is 44.6 Å². The van der Waals surface area contributed by atoms with Gasteiger partial charge in [0.1, 0.15) is 24.0 Å². The van der Waals surface area contributed by atoms with Crippen molar-refractivity contribution in [2.45, 2.75) is 130 Å². The maximum absolute atomic E-state index is 10.1. The Balaban J connectivity index is 1.05. The molecular formula is C74H76N4O. The zero-order valence-electron chi connectivity index (χ0n) is 59.8. The Morgan fingerprint density at radius 1 is 0.494 bits per heavy atom. The average Bonchev–Trinajstić information content (AvgIpc) is 1.67. The largest absolute Gasteiger partial charge is 0.457 e. The van der Waals surface area contributed by atoms with Gasteiger partial charge in [0.05, 0.1) is 44.5 Å². The standard InChI is InChI=1S/C74H76N4O/c1-70(2,3)52-21-18-20-50(40-52)48-28-30-49(31-29-48)60-42-54(72(7,8)9)43-61(51-32-35-62-63(41-51)74(12,13)38-37-73(62,10)11)69(60)77-47-76(65-26-16-17-27-66(65)77)55-22-19-23-56(45-55)79-57-33-34-59-58-24-14-15-25-64(58)78(67(59)46-57)68-44-53(36-39-75-68)71(4,5)6/h14-36,39-46H,37-38,47H2,1-13H3/i14D,15D,18D,20D,21D,24D,25D,28D,29D,30D,31D,40D. The molecule has 8 aromatic carbocycles. The van der Waals surface area contributed by atoms with Crippen LogP contribution >= 0.6 is 0 Å². The van der Waals surface area contributed by atoms with Gasteiger partial charge in [-0.05, 0) is 157 Å². The molecule has 1 aliphatic carbocycles. The van der Waals surface area contributed by atoms with Gasteiger partial charge in [0.25, 0.3) is 0 Å². The first kappa shape index (κ1) is 39.5. The van der Waals surface area contributed by atoms with Crippen LogP contribution in [0.1, 0.15) is 147 Å². The molecule has 398 valence electrons. The molecule has 5 heteroatoms. The topological polar surface area (TPSA) is 33.5 Å². The fraction of sp³-hybridized carbons (Fsp3) is 0.284.